The normalized spacial score (nSPS) is 45.1. The summed E-state index contributed by atoms with van der Waals surface area (Å²) in [6.07, 6.45) is 2.95. The summed E-state index contributed by atoms with van der Waals surface area (Å²) in [5, 5.41) is 9.05. The minimum atomic E-state index is -0.573. The number of aliphatic carboxylic acids is 1. The van der Waals surface area contributed by atoms with Crippen molar-refractivity contribution in [2.24, 2.45) is 16.7 Å². The topological polar surface area (TPSA) is 37.3 Å². The predicted octanol–water partition coefficient (Wildman–Crippen LogP) is 1.90. The standard InChI is InChI=1S/C9H14O2/c1-8(2)6-3-4-9(8,5-6)7(10)11/h6H,3-5H2,1-2H3,(H,10,11)/t6-,9+/m0/s1. The summed E-state index contributed by atoms with van der Waals surface area (Å²) in [6, 6.07) is 0. The molecule has 3 aliphatic rings. The van der Waals surface area contributed by atoms with Gasteiger partial charge in [-0.15, -0.1) is 0 Å². The first-order valence-corrected chi connectivity index (χ1v) is 4.24. The highest BCUT2D eigenvalue weighted by atomic mass is 16.4. The summed E-state index contributed by atoms with van der Waals surface area (Å²) in [4.78, 5) is 11.0. The van der Waals surface area contributed by atoms with Gasteiger partial charge in [0.15, 0.2) is 0 Å². The molecular weight excluding hydrogens is 140 g/mol. The van der Waals surface area contributed by atoms with Crippen LogP contribution in [-0.2, 0) is 4.79 Å². The average Bonchev–Trinajstić information content (AvgIpc) is 2.40. The van der Waals surface area contributed by atoms with Crippen LogP contribution in [0.2, 0.25) is 0 Å². The first kappa shape index (κ1) is 7.14. The Morgan fingerprint density at radius 3 is 2.36 bits per heavy atom. The van der Waals surface area contributed by atoms with E-state index in [9.17, 15) is 4.79 Å². The van der Waals surface area contributed by atoms with Crippen LogP contribution in [0.3, 0.4) is 0 Å². The van der Waals surface area contributed by atoms with Crippen molar-refractivity contribution in [1.29, 1.82) is 0 Å². The lowest BCUT2D eigenvalue weighted by Crippen LogP contribution is -2.52. The van der Waals surface area contributed by atoms with Gasteiger partial charge in [0.2, 0.25) is 0 Å². The SMILES string of the molecule is CC1(C)[C@H]2CC[C@]1(C(=O)O)C2. The molecule has 3 fully saturated rings. The molecule has 0 aliphatic heterocycles. The van der Waals surface area contributed by atoms with E-state index < -0.39 is 5.97 Å². The summed E-state index contributed by atoms with van der Waals surface area (Å²) in [5.41, 5.74) is -0.281. The van der Waals surface area contributed by atoms with Crippen LogP contribution in [-0.4, -0.2) is 11.1 Å². The molecule has 0 spiro atoms. The third-order valence-electron chi connectivity index (χ3n) is 4.18. The molecule has 1 N–H and O–H groups in total. The van der Waals surface area contributed by atoms with Crippen molar-refractivity contribution in [2.45, 2.75) is 33.1 Å². The first-order valence-electron chi connectivity index (χ1n) is 4.24. The van der Waals surface area contributed by atoms with Crippen LogP contribution in [0, 0.1) is 16.7 Å². The Bertz CT molecular complexity index is 216. The van der Waals surface area contributed by atoms with Crippen LogP contribution < -0.4 is 0 Å². The lowest BCUT2D eigenvalue weighted by Gasteiger charge is -2.51. The van der Waals surface area contributed by atoms with Gasteiger partial charge in [0, 0.05) is 0 Å². The molecule has 62 valence electrons. The number of carboxylic acids is 1. The molecule has 0 saturated heterocycles. The predicted molar refractivity (Wildman–Crippen MR) is 41.2 cm³/mol. The minimum Gasteiger partial charge on any atom is -0.481 e. The number of carbonyl (C=O) groups is 1. The molecular formula is C9H14O2. The van der Waals surface area contributed by atoms with Crippen molar-refractivity contribution in [1.82, 2.24) is 0 Å². The van der Waals surface area contributed by atoms with Gasteiger partial charge < -0.3 is 5.11 Å². The molecule has 2 nitrogen and oxygen atoms in total. The van der Waals surface area contributed by atoms with E-state index in [1.54, 1.807) is 0 Å². The summed E-state index contributed by atoms with van der Waals surface area (Å²) in [7, 11) is 0. The van der Waals surface area contributed by atoms with E-state index in [0.717, 1.165) is 19.3 Å². The van der Waals surface area contributed by atoms with E-state index in [-0.39, 0.29) is 10.8 Å². The van der Waals surface area contributed by atoms with E-state index >= 15 is 0 Å². The molecule has 0 unspecified atom stereocenters. The van der Waals surface area contributed by atoms with Crippen molar-refractivity contribution in [2.75, 3.05) is 0 Å². The number of hydrogen-bond acceptors (Lipinski definition) is 1. The van der Waals surface area contributed by atoms with Crippen LogP contribution in [0.25, 0.3) is 0 Å². The highest BCUT2D eigenvalue weighted by Gasteiger charge is 2.68. The van der Waals surface area contributed by atoms with Crippen LogP contribution in [0.5, 0.6) is 0 Å². The monoisotopic (exact) mass is 154 g/mol. The number of fused-ring (bicyclic) bond motifs is 1. The highest BCUT2D eigenvalue weighted by molar-refractivity contribution is 5.78. The zero-order valence-corrected chi connectivity index (χ0v) is 7.05. The lowest BCUT2D eigenvalue weighted by molar-refractivity contribution is -0.170. The van der Waals surface area contributed by atoms with Crippen LogP contribution in [0.15, 0.2) is 0 Å². The summed E-state index contributed by atoms with van der Waals surface area (Å²) >= 11 is 0. The van der Waals surface area contributed by atoms with Gasteiger partial charge in [-0.1, -0.05) is 13.8 Å². The molecule has 11 heavy (non-hydrogen) atoms. The second kappa shape index (κ2) is 1.62. The van der Waals surface area contributed by atoms with E-state index in [1.807, 2.05) is 0 Å². The molecule has 0 heterocycles. The Balaban J connectivity index is 2.36. The molecule has 3 saturated carbocycles. The Kier molecular flexibility index (Phi) is 1.05. The van der Waals surface area contributed by atoms with E-state index in [0.29, 0.717) is 5.92 Å². The average molecular weight is 154 g/mol. The maximum Gasteiger partial charge on any atom is 0.310 e. The van der Waals surface area contributed by atoms with Crippen molar-refractivity contribution in [3.05, 3.63) is 0 Å². The quantitative estimate of drug-likeness (QED) is 0.626. The molecule has 3 aliphatic carbocycles. The van der Waals surface area contributed by atoms with Crippen LogP contribution in [0.4, 0.5) is 0 Å². The van der Waals surface area contributed by atoms with Gasteiger partial charge in [0.1, 0.15) is 0 Å². The molecule has 2 bridgehead atoms. The van der Waals surface area contributed by atoms with Gasteiger partial charge in [-0.2, -0.15) is 0 Å². The van der Waals surface area contributed by atoms with Crippen LogP contribution >= 0.6 is 0 Å². The van der Waals surface area contributed by atoms with Crippen LogP contribution in [0.1, 0.15) is 33.1 Å². The summed E-state index contributed by atoms with van der Waals surface area (Å²) in [6.45, 7) is 4.20. The Morgan fingerprint density at radius 2 is 2.18 bits per heavy atom. The van der Waals surface area contributed by atoms with Gasteiger partial charge in [0.25, 0.3) is 0 Å². The number of hydrogen-bond donors (Lipinski definition) is 1. The van der Waals surface area contributed by atoms with Gasteiger partial charge >= 0.3 is 5.97 Å². The Morgan fingerprint density at radius 1 is 1.55 bits per heavy atom. The fraction of sp³-hybridized carbons (Fsp3) is 0.889. The molecule has 2 heteroatoms. The largest absolute Gasteiger partial charge is 0.481 e. The van der Waals surface area contributed by atoms with E-state index in [4.69, 9.17) is 5.11 Å². The van der Waals surface area contributed by atoms with Crippen molar-refractivity contribution in [3.8, 4) is 0 Å². The van der Waals surface area contributed by atoms with E-state index in [2.05, 4.69) is 13.8 Å². The molecule has 0 radical (unpaired) electrons. The second-order valence-electron chi connectivity index (χ2n) is 4.55. The van der Waals surface area contributed by atoms with Crippen molar-refractivity contribution < 1.29 is 9.90 Å². The fourth-order valence-corrected chi connectivity index (χ4v) is 2.98. The third kappa shape index (κ3) is 0.534. The molecule has 3 rings (SSSR count). The van der Waals surface area contributed by atoms with E-state index in [1.165, 1.54) is 0 Å². The van der Waals surface area contributed by atoms with Gasteiger partial charge in [-0.3, -0.25) is 4.79 Å². The number of carboxylic acid groups (broad SMARTS) is 1. The summed E-state index contributed by atoms with van der Waals surface area (Å²) in [5.74, 6) is 0.106. The second-order valence-corrected chi connectivity index (χ2v) is 4.55. The maximum atomic E-state index is 11.0. The minimum absolute atomic E-state index is 0.0683. The Hall–Kier alpha value is -0.530. The lowest BCUT2D eigenvalue weighted by atomic mass is 9.51. The van der Waals surface area contributed by atoms with Gasteiger partial charge in [-0.05, 0) is 30.6 Å². The first-order chi connectivity index (χ1) is 5.01. The van der Waals surface area contributed by atoms with Gasteiger partial charge in [0.05, 0.1) is 5.41 Å². The molecule has 0 aromatic carbocycles. The fourth-order valence-electron chi connectivity index (χ4n) is 2.98. The zero-order chi connectivity index (χ0) is 8.28. The molecule has 2 atom stereocenters. The Labute approximate surface area is 66.6 Å². The molecule has 0 amide bonds. The maximum absolute atomic E-state index is 11.0. The summed E-state index contributed by atoms with van der Waals surface area (Å²) < 4.78 is 0. The smallest absolute Gasteiger partial charge is 0.310 e. The van der Waals surface area contributed by atoms with Crippen molar-refractivity contribution in [3.63, 3.8) is 0 Å². The molecule has 0 aromatic heterocycles. The zero-order valence-electron chi connectivity index (χ0n) is 7.05. The molecule has 0 aromatic rings. The third-order valence-corrected chi connectivity index (χ3v) is 4.18. The highest BCUT2D eigenvalue weighted by Crippen LogP contribution is 2.70. The van der Waals surface area contributed by atoms with Gasteiger partial charge in [-0.25, -0.2) is 0 Å². The van der Waals surface area contributed by atoms with Crippen molar-refractivity contribution >= 4 is 5.97 Å². The number of rotatable bonds is 1.